The summed E-state index contributed by atoms with van der Waals surface area (Å²) in [4.78, 5) is 37.6. The van der Waals surface area contributed by atoms with Gasteiger partial charge in [-0.1, -0.05) is 326 Å². The molecule has 480 valence electrons. The van der Waals surface area contributed by atoms with Crippen LogP contribution in [0.15, 0.2) is 48.6 Å². The third-order valence-corrected chi connectivity index (χ3v) is 15.8. The van der Waals surface area contributed by atoms with Crippen molar-refractivity contribution in [3.63, 3.8) is 0 Å². The molecule has 0 radical (unpaired) electrons. The van der Waals surface area contributed by atoms with Gasteiger partial charge in [-0.05, 0) is 51.4 Å². The number of quaternary nitrogens is 1. The van der Waals surface area contributed by atoms with Gasteiger partial charge in [-0.15, -0.1) is 0 Å². The quantitative estimate of drug-likeness (QED) is 0.0211. The number of carboxylic acids is 1. The lowest BCUT2D eigenvalue weighted by molar-refractivity contribution is -0.870. The van der Waals surface area contributed by atoms with E-state index in [0.717, 1.165) is 70.6 Å². The minimum atomic E-state index is -1.51. The summed E-state index contributed by atoms with van der Waals surface area (Å²) in [5, 5.41) is 9.73. The van der Waals surface area contributed by atoms with E-state index in [0.29, 0.717) is 23.9 Å². The average molecular weight is 1160 g/mol. The fourth-order valence-electron chi connectivity index (χ4n) is 10.5. The molecule has 0 rings (SSSR count). The number of rotatable bonds is 66. The van der Waals surface area contributed by atoms with Crippen molar-refractivity contribution in [2.24, 2.45) is 0 Å². The number of nitrogens with zero attached hydrogens (tertiary/aromatic N) is 1. The number of allylic oxidation sites excluding steroid dienone is 8. The van der Waals surface area contributed by atoms with Crippen LogP contribution in [0.25, 0.3) is 0 Å². The summed E-state index contributed by atoms with van der Waals surface area (Å²) >= 11 is 0. The van der Waals surface area contributed by atoms with E-state index in [1.165, 1.54) is 238 Å². The molecule has 0 aliphatic carbocycles. The van der Waals surface area contributed by atoms with Crippen molar-refractivity contribution in [2.75, 3.05) is 47.5 Å². The molecule has 0 spiro atoms. The Morgan fingerprint density at radius 3 is 1.04 bits per heavy atom. The summed E-state index contributed by atoms with van der Waals surface area (Å²) in [6.45, 7) is 4.81. The number of aliphatic carboxylic acids is 1. The van der Waals surface area contributed by atoms with Crippen molar-refractivity contribution in [1.82, 2.24) is 0 Å². The molecule has 0 heterocycles. The number of carboxylic acid groups (broad SMARTS) is 1. The van der Waals surface area contributed by atoms with Crippen LogP contribution in [0.2, 0.25) is 0 Å². The molecule has 0 aliphatic heterocycles. The van der Waals surface area contributed by atoms with Crippen molar-refractivity contribution < 1.29 is 42.9 Å². The molecule has 0 bridgehead atoms. The third kappa shape index (κ3) is 64.8. The van der Waals surface area contributed by atoms with Gasteiger partial charge < -0.3 is 28.5 Å². The Bertz CT molecular complexity index is 1480. The second-order valence-corrected chi connectivity index (χ2v) is 25.2. The first-order chi connectivity index (χ1) is 40.1. The van der Waals surface area contributed by atoms with Crippen molar-refractivity contribution in [3.8, 4) is 0 Å². The third-order valence-electron chi connectivity index (χ3n) is 15.8. The normalized spacial score (nSPS) is 12.9. The molecule has 0 aliphatic rings. The Balaban J connectivity index is 4.00. The van der Waals surface area contributed by atoms with Crippen LogP contribution in [-0.4, -0.2) is 87.4 Å². The highest BCUT2D eigenvalue weighted by Crippen LogP contribution is 2.19. The molecule has 0 aromatic heterocycles. The van der Waals surface area contributed by atoms with Crippen LogP contribution in [0.4, 0.5) is 0 Å². The van der Waals surface area contributed by atoms with Crippen molar-refractivity contribution in [2.45, 2.75) is 354 Å². The van der Waals surface area contributed by atoms with Crippen LogP contribution < -0.4 is 0 Å². The maximum absolute atomic E-state index is 12.9. The molecule has 82 heavy (non-hydrogen) atoms. The number of carbonyl (C=O) groups excluding carboxylic acids is 2. The Morgan fingerprint density at radius 1 is 0.378 bits per heavy atom. The second kappa shape index (κ2) is 64.3. The predicted octanol–water partition coefficient (Wildman–Crippen LogP) is 21.8. The number of carbonyl (C=O) groups is 3. The standard InChI is InChI=1S/C73H135NO8/c1-6-8-10-12-14-16-18-20-22-24-26-28-29-30-31-32-33-34-35-36-37-38-39-40-41-42-44-45-47-49-51-53-55-57-59-61-63-70(75)80-67-69(68-81-73(72(77)78)79-66-65-74(3,4)5)82-71(76)64-62-60-58-56-54-52-50-48-46-43-27-25-23-21-19-17-15-13-11-9-7-2/h9,11,15,17,21,23,27,43,69,73H,6-8,10,12-14,16,18-20,22,24-26,28-42,44-68H2,1-5H3/p+1/b11-9-,17-15-,23-21-,43-27-. The van der Waals surface area contributed by atoms with Crippen molar-refractivity contribution in [3.05, 3.63) is 48.6 Å². The summed E-state index contributed by atoms with van der Waals surface area (Å²) in [6, 6.07) is 0. The minimum absolute atomic E-state index is 0.183. The lowest BCUT2D eigenvalue weighted by Gasteiger charge is -2.25. The van der Waals surface area contributed by atoms with Gasteiger partial charge in [0.25, 0.3) is 6.29 Å². The SMILES string of the molecule is CC/C=C\C/C=C\C/C=C\C/C=C\CCCCCCCCCCC(=O)OC(COC(=O)CCCCCCCCCCCCCCCCCCCCCCCCCCCCCCCCCCCCCC)COC(OCC[N+](C)(C)C)C(=O)O. The van der Waals surface area contributed by atoms with Gasteiger partial charge >= 0.3 is 17.9 Å². The molecule has 1 N–H and O–H groups in total. The molecule has 0 saturated carbocycles. The largest absolute Gasteiger partial charge is 0.477 e. The number of hydrogen-bond donors (Lipinski definition) is 1. The molecule has 9 heteroatoms. The Morgan fingerprint density at radius 2 is 0.695 bits per heavy atom. The first-order valence-electron chi connectivity index (χ1n) is 35.3. The van der Waals surface area contributed by atoms with Crippen molar-refractivity contribution in [1.29, 1.82) is 0 Å². The highest BCUT2D eigenvalue weighted by atomic mass is 16.7. The topological polar surface area (TPSA) is 108 Å². The van der Waals surface area contributed by atoms with Crippen molar-refractivity contribution >= 4 is 17.9 Å². The number of ether oxygens (including phenoxy) is 4. The van der Waals surface area contributed by atoms with E-state index in [1.807, 2.05) is 21.1 Å². The predicted molar refractivity (Wildman–Crippen MR) is 350 cm³/mol. The lowest BCUT2D eigenvalue weighted by atomic mass is 10.0. The second-order valence-electron chi connectivity index (χ2n) is 25.2. The van der Waals surface area contributed by atoms with Gasteiger partial charge in [-0.3, -0.25) is 9.59 Å². The lowest BCUT2D eigenvalue weighted by Crippen LogP contribution is -2.40. The first kappa shape index (κ1) is 79.2. The van der Waals surface area contributed by atoms with E-state index in [9.17, 15) is 19.5 Å². The molecule has 0 aromatic carbocycles. The van der Waals surface area contributed by atoms with Crippen LogP contribution in [0, 0.1) is 0 Å². The van der Waals surface area contributed by atoms with Crippen LogP contribution >= 0.6 is 0 Å². The van der Waals surface area contributed by atoms with Crippen LogP contribution in [0.5, 0.6) is 0 Å². The molecule has 2 unspecified atom stereocenters. The van der Waals surface area contributed by atoms with E-state index in [4.69, 9.17) is 18.9 Å². The molecule has 0 aromatic rings. The highest BCUT2D eigenvalue weighted by molar-refractivity contribution is 5.71. The van der Waals surface area contributed by atoms with Gasteiger partial charge in [0, 0.05) is 12.8 Å². The maximum atomic E-state index is 12.9. The van der Waals surface area contributed by atoms with Crippen LogP contribution in [-0.2, 0) is 33.3 Å². The summed E-state index contributed by atoms with van der Waals surface area (Å²) in [7, 11) is 5.98. The van der Waals surface area contributed by atoms with E-state index < -0.39 is 24.3 Å². The van der Waals surface area contributed by atoms with Gasteiger partial charge in [-0.2, -0.15) is 0 Å². The Hall–Kier alpha value is -2.75. The Kier molecular flexibility index (Phi) is 62.1. The first-order valence-corrected chi connectivity index (χ1v) is 35.3. The number of hydrogen-bond acceptors (Lipinski definition) is 7. The minimum Gasteiger partial charge on any atom is -0.477 e. The smallest absolute Gasteiger partial charge is 0.361 e. The Labute approximate surface area is 508 Å². The maximum Gasteiger partial charge on any atom is 0.361 e. The molecular formula is C73H136NO8+. The highest BCUT2D eigenvalue weighted by Gasteiger charge is 2.25. The van der Waals surface area contributed by atoms with Gasteiger partial charge in [0.15, 0.2) is 6.10 Å². The fourth-order valence-corrected chi connectivity index (χ4v) is 10.5. The number of esters is 2. The summed E-state index contributed by atoms with van der Waals surface area (Å²) in [6.07, 6.45) is 79.6. The zero-order valence-electron chi connectivity index (χ0n) is 54.9. The zero-order valence-corrected chi connectivity index (χ0v) is 54.9. The monoisotopic (exact) mass is 1160 g/mol. The molecule has 0 fully saturated rings. The fraction of sp³-hybridized carbons (Fsp3) is 0.849. The van der Waals surface area contributed by atoms with E-state index in [1.54, 1.807) is 0 Å². The molecule has 9 nitrogen and oxygen atoms in total. The summed E-state index contributed by atoms with van der Waals surface area (Å²) < 4.78 is 23.0. The molecular weight excluding hydrogens is 1020 g/mol. The van der Waals surface area contributed by atoms with Gasteiger partial charge in [-0.25, -0.2) is 4.79 Å². The average Bonchev–Trinajstić information content (AvgIpc) is 3.47. The van der Waals surface area contributed by atoms with E-state index in [-0.39, 0.29) is 32.2 Å². The molecule has 0 saturated heterocycles. The van der Waals surface area contributed by atoms with E-state index in [2.05, 4.69) is 62.5 Å². The van der Waals surface area contributed by atoms with Gasteiger partial charge in [0.05, 0.1) is 34.4 Å². The summed E-state index contributed by atoms with van der Waals surface area (Å²) in [5.74, 6) is -2.00. The molecule has 0 amide bonds. The van der Waals surface area contributed by atoms with Gasteiger partial charge in [0.1, 0.15) is 13.2 Å². The van der Waals surface area contributed by atoms with E-state index >= 15 is 0 Å². The van der Waals surface area contributed by atoms with Crippen LogP contribution in [0.3, 0.4) is 0 Å². The number of likely N-dealkylation sites (N-methyl/N-ethyl adjacent to an activating group) is 1. The van der Waals surface area contributed by atoms with Gasteiger partial charge in [0.2, 0.25) is 0 Å². The van der Waals surface area contributed by atoms with Crippen LogP contribution in [0.1, 0.15) is 341 Å². The zero-order chi connectivity index (χ0) is 59.8. The summed E-state index contributed by atoms with van der Waals surface area (Å²) in [5.41, 5.74) is 0. The molecule has 2 atom stereocenters. The number of unbranched alkanes of at least 4 members (excludes halogenated alkanes) is 43.